The number of hydrogen-bond acceptors (Lipinski definition) is 2. The first-order valence-corrected chi connectivity index (χ1v) is 19.0. The summed E-state index contributed by atoms with van der Waals surface area (Å²) in [5, 5.41) is 1.95. The maximum absolute atomic E-state index is 9.16. The van der Waals surface area contributed by atoms with Gasteiger partial charge in [0.05, 0.1) is 30.4 Å². The third kappa shape index (κ3) is 6.96. The van der Waals surface area contributed by atoms with Crippen molar-refractivity contribution in [2.75, 3.05) is 0 Å². The Bertz CT molecular complexity index is 3590. The van der Waals surface area contributed by atoms with Crippen LogP contribution in [0.2, 0.25) is 0 Å². The fourth-order valence-corrected chi connectivity index (χ4v) is 7.70. The van der Waals surface area contributed by atoms with Crippen LogP contribution in [0.3, 0.4) is 0 Å². The van der Waals surface area contributed by atoms with Crippen LogP contribution in [0.5, 0.6) is 11.5 Å². The van der Waals surface area contributed by atoms with Crippen molar-refractivity contribution in [3.05, 3.63) is 200 Å². The van der Waals surface area contributed by atoms with Gasteiger partial charge in [0, 0.05) is 45.6 Å². The van der Waals surface area contributed by atoms with E-state index < -0.39 is 66.3 Å². The molecule has 0 radical (unpaired) electrons. The summed E-state index contributed by atoms with van der Waals surface area (Å²) in [6.07, 6.45) is 6.43. The number of nitrogens with zero attached hydrogens (tertiary/aromatic N) is 4. The van der Waals surface area contributed by atoms with Gasteiger partial charge in [-0.25, -0.2) is 4.98 Å². The number of aromatic nitrogens is 4. The first-order valence-electron chi connectivity index (χ1n) is 24.5. The molecule has 5 nitrogen and oxygen atoms in total. The first kappa shape index (κ1) is 27.2. The van der Waals surface area contributed by atoms with Gasteiger partial charge >= 0.3 is 0 Å². The molecule has 3 heterocycles. The van der Waals surface area contributed by atoms with Crippen molar-refractivity contribution in [2.24, 2.45) is 0 Å². The summed E-state index contributed by atoms with van der Waals surface area (Å²) >= 11 is 0. The topological polar surface area (TPSA) is 35.9 Å². The Labute approximate surface area is 374 Å². The smallest absolute Gasteiger partial charge is 0.268 e. The molecule has 0 N–H and O–H groups in total. The molecule has 7 aromatic carbocycles. The first-order chi connectivity index (χ1) is 33.2. The molecule has 290 valence electrons. The van der Waals surface area contributed by atoms with Crippen LogP contribution in [0.25, 0.3) is 72.3 Å². The molecule has 10 aromatic rings. The van der Waals surface area contributed by atoms with Crippen molar-refractivity contribution >= 4 is 32.8 Å². The molecule has 0 spiro atoms. The molecule has 0 aliphatic rings. The predicted molar refractivity (Wildman–Crippen MR) is 234 cm³/mol. The number of pyridine rings is 1. The fourth-order valence-electron chi connectivity index (χ4n) is 7.70. The number of imidazole rings is 1. The zero-order valence-corrected chi connectivity index (χ0v) is 34.2. The van der Waals surface area contributed by atoms with Crippen molar-refractivity contribution in [3.63, 3.8) is 0 Å². The third-order valence-electron chi connectivity index (χ3n) is 10.4. The summed E-state index contributed by atoms with van der Waals surface area (Å²) in [5.41, 5.74) is 4.29. The Kier molecular flexibility index (Phi) is 7.54. The van der Waals surface area contributed by atoms with Crippen LogP contribution in [-0.2, 0) is 21.1 Å². The van der Waals surface area contributed by atoms with Crippen LogP contribution in [0.1, 0.15) is 53.2 Å². The molecule has 0 saturated heterocycles. The molecular weight excluding hydrogens is 904 g/mol. The Morgan fingerprint density at radius 2 is 1.36 bits per heavy atom. The molecule has 6 heteroatoms. The third-order valence-corrected chi connectivity index (χ3v) is 10.4. The van der Waals surface area contributed by atoms with Crippen LogP contribution in [0.4, 0.5) is 0 Å². The number of hydrogen-bond donors (Lipinski definition) is 0. The molecule has 0 saturated carbocycles. The fraction of sp³-hybridized carbons (Fsp3) is 0.0943. The van der Waals surface area contributed by atoms with Crippen LogP contribution in [0, 0.1) is 18.5 Å². The van der Waals surface area contributed by atoms with E-state index in [0.717, 1.165) is 27.4 Å². The second-order valence-corrected chi connectivity index (χ2v) is 13.6. The standard InChI is InChI=1S/C53H40N4O.Pt/c1-3-37(4-2)40-31-32-54-52(33-40)57-48-26-12-11-23-46(48)47-30-29-43(35-51(47)57)58-42-22-15-21-41(34-42)55-36-56(50-28-14-13-27-49(50)55)53-44(38-17-7-5-8-18-38)24-16-25-45(53)39-19-9-6-10-20-39;/h5-33,37H,3-4H2,1-2H3;/q-2;/i5D,6D,7D,8D,9D,10D,17D,18D,19D,20D,37D;. The molecule has 3 aromatic heterocycles. The average Bonchev–Trinajstić information content (AvgIpc) is 3.92. The predicted octanol–water partition coefficient (Wildman–Crippen LogP) is 12.8. The molecule has 10 rings (SSSR count). The summed E-state index contributed by atoms with van der Waals surface area (Å²) in [6.45, 7) is 4.04. The normalized spacial score (nSPS) is 14.2. The SMILES string of the molecule is [2H]c1c([2H])c([2H])c(-c2cccc(-c3c([2H])c([2H])c([2H])c([2H])c3[2H])c2-[n+]2[c-]n(-c3[c-]c(Oc4[c-]c5c(cc4)c4ccccc4n5-c4cc(C([2H])(CC)CC)ccn4)ccc3)c3ccccc32)c([2H])c1[2H].[Pt]. The van der Waals surface area contributed by atoms with Gasteiger partial charge in [0.25, 0.3) is 6.33 Å². The van der Waals surface area contributed by atoms with E-state index in [0.29, 0.717) is 46.9 Å². The maximum atomic E-state index is 9.16. The van der Waals surface area contributed by atoms with E-state index in [9.17, 15) is 0 Å². The molecular formula is C53H40N4OPt-2. The van der Waals surface area contributed by atoms with Gasteiger partial charge in [0.15, 0.2) is 0 Å². The molecule has 59 heavy (non-hydrogen) atoms. The number of ether oxygens (including phenoxy) is 1. The summed E-state index contributed by atoms with van der Waals surface area (Å²) in [7, 11) is 0. The number of benzene rings is 7. The minimum Gasteiger partial charge on any atom is -0.510 e. The molecule has 0 atom stereocenters. The van der Waals surface area contributed by atoms with Crippen molar-refractivity contribution in [1.29, 1.82) is 0 Å². The van der Waals surface area contributed by atoms with Crippen molar-refractivity contribution < 1.29 is 45.4 Å². The van der Waals surface area contributed by atoms with Gasteiger partial charge in [-0.3, -0.25) is 4.57 Å². The number of fused-ring (bicyclic) bond motifs is 4. The quantitative estimate of drug-likeness (QED) is 0.101. The van der Waals surface area contributed by atoms with Gasteiger partial charge in [-0.05, 0) is 75.8 Å². The second kappa shape index (κ2) is 16.4. The van der Waals surface area contributed by atoms with Crippen molar-refractivity contribution in [3.8, 4) is 50.9 Å². The van der Waals surface area contributed by atoms with Crippen molar-refractivity contribution in [1.82, 2.24) is 14.1 Å². The minimum atomic E-state index is -0.766. The summed E-state index contributed by atoms with van der Waals surface area (Å²) in [4.78, 5) is 4.78. The molecule has 0 aliphatic carbocycles. The molecule has 0 bridgehead atoms. The van der Waals surface area contributed by atoms with E-state index in [2.05, 4.69) is 24.5 Å². The van der Waals surface area contributed by atoms with Gasteiger partial charge in [-0.1, -0.05) is 140 Å². The zero-order chi connectivity index (χ0) is 48.6. The summed E-state index contributed by atoms with van der Waals surface area (Å²) in [5.74, 6) is 0.635. The van der Waals surface area contributed by atoms with Crippen LogP contribution in [0.15, 0.2) is 176 Å². The summed E-state index contributed by atoms with van der Waals surface area (Å²) in [6, 6.07) is 34.7. The molecule has 0 unspecified atom stereocenters. The monoisotopic (exact) mass is 954 g/mol. The van der Waals surface area contributed by atoms with E-state index in [1.807, 2.05) is 73.0 Å². The van der Waals surface area contributed by atoms with Crippen LogP contribution < -0.4 is 9.30 Å². The molecule has 0 amide bonds. The number of para-hydroxylation sites is 4. The van der Waals surface area contributed by atoms with E-state index in [-0.39, 0.29) is 49.0 Å². The average molecular weight is 955 g/mol. The Morgan fingerprint density at radius 1 is 0.695 bits per heavy atom. The van der Waals surface area contributed by atoms with E-state index in [4.69, 9.17) is 24.8 Å². The van der Waals surface area contributed by atoms with E-state index >= 15 is 0 Å². The Balaban J connectivity index is 0.00000608. The molecule has 0 aliphatic heterocycles. The van der Waals surface area contributed by atoms with Gasteiger partial charge in [0.2, 0.25) is 0 Å². The molecule has 0 fully saturated rings. The van der Waals surface area contributed by atoms with Gasteiger partial charge in [0.1, 0.15) is 5.82 Å². The van der Waals surface area contributed by atoms with E-state index in [1.54, 1.807) is 63.9 Å². The van der Waals surface area contributed by atoms with Gasteiger partial charge in [-0.15, -0.1) is 29.7 Å². The van der Waals surface area contributed by atoms with Crippen LogP contribution in [-0.4, -0.2) is 14.1 Å². The zero-order valence-electron chi connectivity index (χ0n) is 42.9. The van der Waals surface area contributed by atoms with E-state index in [1.165, 1.54) is 0 Å². The Hall–Kier alpha value is -6.55. The minimum absolute atomic E-state index is 0. The number of rotatable bonds is 10. The summed E-state index contributed by atoms with van der Waals surface area (Å²) < 4.78 is 108. The Morgan fingerprint density at radius 3 is 2.08 bits per heavy atom. The second-order valence-electron chi connectivity index (χ2n) is 13.6. The van der Waals surface area contributed by atoms with Crippen LogP contribution >= 0.6 is 0 Å². The van der Waals surface area contributed by atoms with Gasteiger partial charge < -0.3 is 13.9 Å². The maximum Gasteiger partial charge on any atom is 0.268 e. The largest absolute Gasteiger partial charge is 0.510 e. The van der Waals surface area contributed by atoms with Gasteiger partial charge in [-0.2, -0.15) is 18.2 Å². The van der Waals surface area contributed by atoms with Crippen molar-refractivity contribution in [2.45, 2.75) is 32.6 Å².